The monoisotopic (exact) mass is 306 g/mol. The molecule has 1 aromatic carbocycles. The van der Waals surface area contributed by atoms with Gasteiger partial charge >= 0.3 is 0 Å². The molecule has 0 aliphatic carbocycles. The van der Waals surface area contributed by atoms with E-state index in [9.17, 15) is 9.90 Å². The molecule has 92 valence electrons. The molecule has 0 fully saturated rings. The van der Waals surface area contributed by atoms with Gasteiger partial charge in [-0.2, -0.15) is 0 Å². The topological polar surface area (TPSA) is 62.2 Å². The summed E-state index contributed by atoms with van der Waals surface area (Å²) in [5.74, 6) is -0.572. The molecule has 0 aliphatic heterocycles. The van der Waals surface area contributed by atoms with E-state index in [0.717, 1.165) is 10.0 Å². The van der Waals surface area contributed by atoms with Crippen molar-refractivity contribution in [1.29, 1.82) is 0 Å². The van der Waals surface area contributed by atoms with Crippen LogP contribution in [0, 0.1) is 6.92 Å². The maximum absolute atomic E-state index is 11.9. The smallest absolute Gasteiger partial charge is 0.278 e. The molecule has 0 radical (unpaired) electrons. The van der Waals surface area contributed by atoms with Gasteiger partial charge in [0.2, 0.25) is 0 Å². The number of pyridine rings is 1. The predicted octanol–water partition coefficient (Wildman–Crippen LogP) is 3.11. The largest absolute Gasteiger partial charge is 0.505 e. The molecule has 4 nitrogen and oxygen atoms in total. The summed E-state index contributed by atoms with van der Waals surface area (Å²) in [4.78, 5) is 15.8. The Balaban J connectivity index is 2.27. The van der Waals surface area contributed by atoms with Crippen LogP contribution in [0.5, 0.6) is 5.75 Å². The minimum atomic E-state index is -0.436. The molecule has 0 unspecified atom stereocenters. The molecule has 2 aromatic rings. The van der Waals surface area contributed by atoms with Crippen LogP contribution in [0.1, 0.15) is 16.1 Å². The van der Waals surface area contributed by atoms with Crippen LogP contribution in [0.4, 0.5) is 5.69 Å². The van der Waals surface area contributed by atoms with Crippen molar-refractivity contribution in [3.63, 3.8) is 0 Å². The van der Waals surface area contributed by atoms with Gasteiger partial charge in [0, 0.05) is 16.4 Å². The second-order valence-electron chi connectivity index (χ2n) is 3.78. The van der Waals surface area contributed by atoms with Gasteiger partial charge in [-0.3, -0.25) is 4.79 Å². The fraction of sp³-hybridized carbons (Fsp3) is 0.0769. The van der Waals surface area contributed by atoms with Gasteiger partial charge in [-0.1, -0.05) is 22.0 Å². The van der Waals surface area contributed by atoms with Crippen molar-refractivity contribution in [1.82, 2.24) is 4.98 Å². The average molecular weight is 307 g/mol. The van der Waals surface area contributed by atoms with Crippen LogP contribution in [-0.2, 0) is 0 Å². The molecule has 0 saturated carbocycles. The number of nitrogens with one attached hydrogen (secondary N) is 1. The molecule has 5 heteroatoms. The van der Waals surface area contributed by atoms with Gasteiger partial charge in [-0.15, -0.1) is 0 Å². The van der Waals surface area contributed by atoms with Crippen molar-refractivity contribution in [3.8, 4) is 5.75 Å². The average Bonchev–Trinajstić information content (AvgIpc) is 2.34. The summed E-state index contributed by atoms with van der Waals surface area (Å²) in [6.07, 6.45) is 1.46. The van der Waals surface area contributed by atoms with Crippen molar-refractivity contribution in [3.05, 3.63) is 52.3 Å². The Bertz CT molecular complexity index is 599. The Kier molecular flexibility index (Phi) is 3.62. The Morgan fingerprint density at radius 1 is 1.39 bits per heavy atom. The van der Waals surface area contributed by atoms with E-state index in [4.69, 9.17) is 0 Å². The maximum atomic E-state index is 11.9. The molecule has 2 rings (SSSR count). The van der Waals surface area contributed by atoms with Crippen molar-refractivity contribution in [2.45, 2.75) is 6.92 Å². The Hall–Kier alpha value is -1.88. The third-order valence-electron chi connectivity index (χ3n) is 2.45. The number of halogens is 1. The standard InChI is InChI=1S/C13H11BrN2O2/c1-8-4-5-9(14)7-10(8)16-13(18)12-11(17)3-2-6-15-12/h2-7,17H,1H3,(H,16,18). The zero-order valence-electron chi connectivity index (χ0n) is 9.64. The van der Waals surface area contributed by atoms with E-state index in [0.29, 0.717) is 5.69 Å². The lowest BCUT2D eigenvalue weighted by Gasteiger charge is -2.09. The Labute approximate surface area is 113 Å². The molecule has 0 bridgehead atoms. The molecular weight excluding hydrogens is 296 g/mol. The molecule has 0 saturated heterocycles. The molecule has 2 N–H and O–H groups in total. The first-order chi connectivity index (χ1) is 8.58. The Morgan fingerprint density at radius 2 is 2.17 bits per heavy atom. The van der Waals surface area contributed by atoms with E-state index in [1.165, 1.54) is 12.3 Å². The van der Waals surface area contributed by atoms with Gasteiger partial charge < -0.3 is 10.4 Å². The van der Waals surface area contributed by atoms with E-state index in [1.54, 1.807) is 12.1 Å². The zero-order valence-corrected chi connectivity index (χ0v) is 11.2. The number of benzene rings is 1. The van der Waals surface area contributed by atoms with Gasteiger partial charge in [-0.25, -0.2) is 4.98 Å². The molecule has 0 aliphatic rings. The minimum Gasteiger partial charge on any atom is -0.505 e. The second-order valence-corrected chi connectivity index (χ2v) is 4.70. The van der Waals surface area contributed by atoms with Gasteiger partial charge in [0.1, 0.15) is 5.75 Å². The summed E-state index contributed by atoms with van der Waals surface area (Å²) in [5.41, 5.74) is 1.62. The van der Waals surface area contributed by atoms with E-state index in [-0.39, 0.29) is 11.4 Å². The molecule has 1 aromatic heterocycles. The summed E-state index contributed by atoms with van der Waals surface area (Å²) in [6, 6.07) is 8.57. The molecule has 18 heavy (non-hydrogen) atoms. The number of aromatic hydroxyl groups is 1. The number of carbonyl (C=O) groups excluding carboxylic acids is 1. The van der Waals surface area contributed by atoms with Gasteiger partial charge in [0.25, 0.3) is 5.91 Å². The number of hydrogen-bond acceptors (Lipinski definition) is 3. The summed E-state index contributed by atoms with van der Waals surface area (Å²) >= 11 is 3.34. The van der Waals surface area contributed by atoms with Gasteiger partial charge in [-0.05, 0) is 36.8 Å². The third kappa shape index (κ3) is 2.68. The van der Waals surface area contributed by atoms with E-state index in [1.807, 2.05) is 19.1 Å². The van der Waals surface area contributed by atoms with E-state index in [2.05, 4.69) is 26.2 Å². The lowest BCUT2D eigenvalue weighted by Crippen LogP contribution is -2.14. The predicted molar refractivity (Wildman–Crippen MR) is 72.7 cm³/mol. The lowest BCUT2D eigenvalue weighted by molar-refractivity contribution is 0.101. The highest BCUT2D eigenvalue weighted by atomic mass is 79.9. The fourth-order valence-electron chi connectivity index (χ4n) is 1.48. The molecule has 0 spiro atoms. The number of carbonyl (C=O) groups is 1. The molecule has 0 atom stereocenters. The van der Waals surface area contributed by atoms with Crippen LogP contribution in [-0.4, -0.2) is 16.0 Å². The van der Waals surface area contributed by atoms with Crippen LogP contribution in [0.15, 0.2) is 41.0 Å². The van der Waals surface area contributed by atoms with Crippen LogP contribution in [0.2, 0.25) is 0 Å². The number of rotatable bonds is 2. The van der Waals surface area contributed by atoms with E-state index >= 15 is 0 Å². The van der Waals surface area contributed by atoms with Crippen LogP contribution >= 0.6 is 15.9 Å². The van der Waals surface area contributed by atoms with Crippen LogP contribution < -0.4 is 5.32 Å². The highest BCUT2D eigenvalue weighted by Gasteiger charge is 2.13. The lowest BCUT2D eigenvalue weighted by atomic mass is 10.2. The highest BCUT2D eigenvalue weighted by molar-refractivity contribution is 9.10. The van der Waals surface area contributed by atoms with Crippen LogP contribution in [0.25, 0.3) is 0 Å². The van der Waals surface area contributed by atoms with Crippen LogP contribution in [0.3, 0.4) is 0 Å². The summed E-state index contributed by atoms with van der Waals surface area (Å²) in [7, 11) is 0. The number of nitrogens with zero attached hydrogens (tertiary/aromatic N) is 1. The first-order valence-electron chi connectivity index (χ1n) is 5.29. The van der Waals surface area contributed by atoms with Crippen molar-refractivity contribution >= 4 is 27.5 Å². The summed E-state index contributed by atoms with van der Waals surface area (Å²) in [6.45, 7) is 1.89. The quantitative estimate of drug-likeness (QED) is 0.896. The zero-order chi connectivity index (χ0) is 13.1. The number of aromatic nitrogens is 1. The highest BCUT2D eigenvalue weighted by Crippen LogP contribution is 2.22. The van der Waals surface area contributed by atoms with Crippen molar-refractivity contribution < 1.29 is 9.90 Å². The van der Waals surface area contributed by atoms with E-state index < -0.39 is 5.91 Å². The number of aryl methyl sites for hydroxylation is 1. The van der Waals surface area contributed by atoms with Crippen molar-refractivity contribution in [2.75, 3.05) is 5.32 Å². The number of anilines is 1. The first-order valence-corrected chi connectivity index (χ1v) is 6.08. The maximum Gasteiger partial charge on any atom is 0.278 e. The molecule has 1 amide bonds. The summed E-state index contributed by atoms with van der Waals surface area (Å²) < 4.78 is 0.869. The SMILES string of the molecule is Cc1ccc(Br)cc1NC(=O)c1ncccc1O. The van der Waals surface area contributed by atoms with Gasteiger partial charge in [0.15, 0.2) is 5.69 Å². The number of amides is 1. The van der Waals surface area contributed by atoms with Gasteiger partial charge in [0.05, 0.1) is 0 Å². The summed E-state index contributed by atoms with van der Waals surface area (Å²) in [5, 5.41) is 12.3. The minimum absolute atomic E-state index is 0.0110. The second kappa shape index (κ2) is 5.18. The first kappa shape index (κ1) is 12.6. The fourth-order valence-corrected chi connectivity index (χ4v) is 1.84. The Morgan fingerprint density at radius 3 is 2.89 bits per heavy atom. The molecule has 1 heterocycles. The third-order valence-corrected chi connectivity index (χ3v) is 2.94. The number of hydrogen-bond donors (Lipinski definition) is 2. The molecular formula is C13H11BrN2O2. The normalized spacial score (nSPS) is 10.1. The van der Waals surface area contributed by atoms with Crippen molar-refractivity contribution in [2.24, 2.45) is 0 Å².